The Morgan fingerprint density at radius 1 is 1.26 bits per heavy atom. The first-order valence-electron chi connectivity index (χ1n) is 6.23. The highest BCUT2D eigenvalue weighted by Gasteiger charge is 2.16. The molecule has 4 N–H and O–H groups in total. The molecule has 5 heteroatoms. The number of hydrogen-bond acceptors (Lipinski definition) is 2. The minimum absolute atomic E-state index is 0.590. The first kappa shape index (κ1) is 12.4. The molecule has 0 radical (unpaired) electrons. The molecule has 2 aromatic heterocycles. The van der Waals surface area contributed by atoms with Crippen molar-refractivity contribution in [2.75, 3.05) is 6.54 Å². The van der Waals surface area contributed by atoms with Crippen LogP contribution in [0.2, 0.25) is 0 Å². The molecule has 3 aromatic rings. The fourth-order valence-electron chi connectivity index (χ4n) is 2.40. The van der Waals surface area contributed by atoms with E-state index in [0.29, 0.717) is 6.54 Å². The molecule has 0 aliphatic carbocycles. The predicted octanol–water partition coefficient (Wildman–Crippen LogP) is 3.13. The van der Waals surface area contributed by atoms with E-state index in [-0.39, 0.29) is 0 Å². The number of para-hydroxylation sites is 1. The number of fused-ring (bicyclic) bond motifs is 1. The summed E-state index contributed by atoms with van der Waals surface area (Å²) in [4.78, 5) is 11.3. The van der Waals surface area contributed by atoms with Crippen molar-refractivity contribution in [3.05, 3.63) is 40.4 Å². The zero-order valence-electron chi connectivity index (χ0n) is 10.6. The predicted molar refractivity (Wildman–Crippen MR) is 81.1 cm³/mol. The van der Waals surface area contributed by atoms with E-state index in [1.807, 2.05) is 12.1 Å². The first-order valence-corrected chi connectivity index (χ1v) is 7.02. The van der Waals surface area contributed by atoms with Gasteiger partial charge in [-0.2, -0.15) is 0 Å². The molecule has 0 saturated heterocycles. The zero-order chi connectivity index (χ0) is 13.4. The number of aryl methyl sites for hydroxylation is 1. The standard InChI is InChI=1S/C14H15BrN4/c1-8-12(9-4-2-3-5-10(9)17-8)13-14(15)19-11(18-13)6-7-16/h2-5,17H,6-7,16H2,1H3,(H,18,19). The molecule has 1 aromatic carbocycles. The Labute approximate surface area is 119 Å². The summed E-state index contributed by atoms with van der Waals surface area (Å²) in [5, 5.41) is 1.19. The quantitative estimate of drug-likeness (QED) is 0.694. The number of imidazole rings is 1. The second-order valence-corrected chi connectivity index (χ2v) is 5.35. The Balaban J connectivity index is 2.21. The maximum atomic E-state index is 5.58. The van der Waals surface area contributed by atoms with Crippen molar-refractivity contribution in [2.24, 2.45) is 5.73 Å². The molecule has 3 rings (SSSR count). The van der Waals surface area contributed by atoms with Gasteiger partial charge in [-0.15, -0.1) is 0 Å². The van der Waals surface area contributed by atoms with Gasteiger partial charge in [-0.25, -0.2) is 4.98 Å². The highest BCUT2D eigenvalue weighted by molar-refractivity contribution is 9.10. The topological polar surface area (TPSA) is 70.5 Å². The fraction of sp³-hybridized carbons (Fsp3) is 0.214. The summed E-state index contributed by atoms with van der Waals surface area (Å²) in [7, 11) is 0. The summed E-state index contributed by atoms with van der Waals surface area (Å²) >= 11 is 3.56. The average molecular weight is 319 g/mol. The second kappa shape index (κ2) is 4.83. The average Bonchev–Trinajstić information content (AvgIpc) is 2.89. The van der Waals surface area contributed by atoms with Gasteiger partial charge in [0.1, 0.15) is 16.1 Å². The van der Waals surface area contributed by atoms with Gasteiger partial charge in [0.05, 0.1) is 0 Å². The molecule has 0 fully saturated rings. The number of aromatic nitrogens is 3. The molecule has 0 aliphatic heterocycles. The first-order chi connectivity index (χ1) is 9.20. The normalized spacial score (nSPS) is 11.3. The third-order valence-electron chi connectivity index (χ3n) is 3.22. The van der Waals surface area contributed by atoms with E-state index in [0.717, 1.165) is 39.3 Å². The summed E-state index contributed by atoms with van der Waals surface area (Å²) in [6, 6.07) is 8.26. The molecule has 4 nitrogen and oxygen atoms in total. The van der Waals surface area contributed by atoms with Crippen LogP contribution in [0.25, 0.3) is 22.2 Å². The Morgan fingerprint density at radius 3 is 2.84 bits per heavy atom. The van der Waals surface area contributed by atoms with E-state index >= 15 is 0 Å². The van der Waals surface area contributed by atoms with Crippen LogP contribution in [0.4, 0.5) is 0 Å². The van der Waals surface area contributed by atoms with Crippen LogP contribution in [0.1, 0.15) is 11.5 Å². The molecule has 98 valence electrons. The molecule has 19 heavy (non-hydrogen) atoms. The SMILES string of the molecule is Cc1[nH]c2ccccc2c1-c1nc(CCN)[nH]c1Br. The Kier molecular flexibility index (Phi) is 3.16. The largest absolute Gasteiger partial charge is 0.358 e. The summed E-state index contributed by atoms with van der Waals surface area (Å²) < 4.78 is 0.906. The summed E-state index contributed by atoms with van der Waals surface area (Å²) in [5.74, 6) is 0.911. The Hall–Kier alpha value is -1.59. The Morgan fingerprint density at radius 2 is 2.05 bits per heavy atom. The van der Waals surface area contributed by atoms with Crippen molar-refractivity contribution < 1.29 is 0 Å². The maximum Gasteiger partial charge on any atom is 0.110 e. The van der Waals surface area contributed by atoms with Crippen LogP contribution in [0.3, 0.4) is 0 Å². The molecule has 0 unspecified atom stereocenters. The van der Waals surface area contributed by atoms with Gasteiger partial charge in [0.15, 0.2) is 0 Å². The molecule has 0 amide bonds. The van der Waals surface area contributed by atoms with Gasteiger partial charge in [-0.3, -0.25) is 0 Å². The molecule has 0 atom stereocenters. The van der Waals surface area contributed by atoms with Crippen molar-refractivity contribution in [3.63, 3.8) is 0 Å². The lowest BCUT2D eigenvalue weighted by atomic mass is 10.1. The molecule has 2 heterocycles. The summed E-state index contributed by atoms with van der Waals surface area (Å²) in [6.45, 7) is 2.66. The van der Waals surface area contributed by atoms with E-state index in [1.54, 1.807) is 0 Å². The lowest BCUT2D eigenvalue weighted by Gasteiger charge is -1.97. The number of benzene rings is 1. The van der Waals surface area contributed by atoms with E-state index in [1.165, 1.54) is 5.39 Å². The van der Waals surface area contributed by atoms with Gasteiger partial charge >= 0.3 is 0 Å². The van der Waals surface area contributed by atoms with Crippen molar-refractivity contribution in [3.8, 4) is 11.3 Å². The summed E-state index contributed by atoms with van der Waals surface area (Å²) in [5.41, 5.74) is 9.91. The van der Waals surface area contributed by atoms with Crippen molar-refractivity contribution in [1.29, 1.82) is 0 Å². The number of H-pyrrole nitrogens is 2. The van der Waals surface area contributed by atoms with Crippen molar-refractivity contribution in [1.82, 2.24) is 15.0 Å². The third kappa shape index (κ3) is 2.09. The number of rotatable bonds is 3. The molecule has 0 saturated carbocycles. The monoisotopic (exact) mass is 318 g/mol. The number of nitrogens with one attached hydrogen (secondary N) is 2. The number of aromatic amines is 2. The van der Waals surface area contributed by atoms with Gasteiger partial charge in [0.25, 0.3) is 0 Å². The number of nitrogens with zero attached hydrogens (tertiary/aromatic N) is 1. The molecular weight excluding hydrogens is 304 g/mol. The minimum Gasteiger partial charge on any atom is -0.358 e. The van der Waals surface area contributed by atoms with E-state index in [4.69, 9.17) is 5.73 Å². The van der Waals surface area contributed by atoms with Crippen LogP contribution in [0, 0.1) is 6.92 Å². The highest BCUT2D eigenvalue weighted by Crippen LogP contribution is 2.34. The summed E-state index contributed by atoms with van der Waals surface area (Å²) in [6.07, 6.45) is 0.750. The highest BCUT2D eigenvalue weighted by atomic mass is 79.9. The van der Waals surface area contributed by atoms with Crippen LogP contribution in [-0.4, -0.2) is 21.5 Å². The minimum atomic E-state index is 0.590. The molecule has 0 spiro atoms. The second-order valence-electron chi connectivity index (χ2n) is 4.56. The van der Waals surface area contributed by atoms with Crippen LogP contribution in [0.15, 0.2) is 28.9 Å². The lowest BCUT2D eigenvalue weighted by Crippen LogP contribution is -2.03. The van der Waals surface area contributed by atoms with Crippen LogP contribution >= 0.6 is 15.9 Å². The lowest BCUT2D eigenvalue weighted by molar-refractivity contribution is 0.893. The third-order valence-corrected chi connectivity index (χ3v) is 3.79. The van der Waals surface area contributed by atoms with E-state index < -0.39 is 0 Å². The van der Waals surface area contributed by atoms with E-state index in [2.05, 4.69) is 49.9 Å². The fourth-order valence-corrected chi connectivity index (χ4v) is 2.92. The molecular formula is C14H15BrN4. The molecule has 0 aliphatic rings. The van der Waals surface area contributed by atoms with Gasteiger partial charge in [0.2, 0.25) is 0 Å². The van der Waals surface area contributed by atoms with Crippen molar-refractivity contribution >= 4 is 26.8 Å². The van der Waals surface area contributed by atoms with Gasteiger partial charge in [-0.05, 0) is 35.5 Å². The zero-order valence-corrected chi connectivity index (χ0v) is 12.2. The number of nitrogens with two attached hydrogens (primary N) is 1. The van der Waals surface area contributed by atoms with Crippen LogP contribution < -0.4 is 5.73 Å². The molecule has 0 bridgehead atoms. The van der Waals surface area contributed by atoms with Crippen LogP contribution in [0.5, 0.6) is 0 Å². The van der Waals surface area contributed by atoms with Gasteiger partial charge in [-0.1, -0.05) is 18.2 Å². The number of hydrogen-bond donors (Lipinski definition) is 3. The van der Waals surface area contributed by atoms with Crippen LogP contribution in [-0.2, 0) is 6.42 Å². The Bertz CT molecular complexity index is 726. The van der Waals surface area contributed by atoms with Crippen molar-refractivity contribution in [2.45, 2.75) is 13.3 Å². The van der Waals surface area contributed by atoms with Gasteiger partial charge < -0.3 is 15.7 Å². The maximum absolute atomic E-state index is 5.58. The smallest absolute Gasteiger partial charge is 0.110 e. The van der Waals surface area contributed by atoms with Gasteiger partial charge in [0, 0.05) is 28.6 Å². The van der Waals surface area contributed by atoms with E-state index in [9.17, 15) is 0 Å². The number of halogens is 1.